The Kier molecular flexibility index (Phi) is 9.56. The molecule has 0 bridgehead atoms. The number of hydrogen-bond acceptors (Lipinski definition) is 6. The summed E-state index contributed by atoms with van der Waals surface area (Å²) >= 11 is 3.39. The lowest BCUT2D eigenvalue weighted by Crippen LogP contribution is -2.20. The number of ether oxygens (including phenoxy) is 2. The Balaban J connectivity index is 1.08. The highest BCUT2D eigenvalue weighted by atomic mass is 79.9. The van der Waals surface area contributed by atoms with Crippen molar-refractivity contribution in [3.05, 3.63) is 130 Å². The Morgan fingerprint density at radius 2 is 1.70 bits per heavy atom. The monoisotopic (exact) mass is 658 g/mol. The summed E-state index contributed by atoms with van der Waals surface area (Å²) in [6.07, 6.45) is 1.45. The van der Waals surface area contributed by atoms with Gasteiger partial charge < -0.3 is 23.8 Å². The standard InChI is InChI=1S/C33H28BrFN4O5/c1-21-7-8-22(2)39(21)24-10-12-25(13-11-24)42-19-26-14-16-31(44-26)33(41)38-36-18-23-9-15-30(27(34)17-23)43-20-32(40)37-29-6-4-3-5-28(29)35/h3-18H,19-20H2,1-2H3,(H,37,40)(H,38,41)/b36-18+. The largest absolute Gasteiger partial charge is 0.486 e. The average Bonchev–Trinajstić information content (AvgIpc) is 3.63. The maximum atomic E-state index is 13.7. The lowest BCUT2D eigenvalue weighted by atomic mass is 10.2. The van der Waals surface area contributed by atoms with E-state index in [-0.39, 0.29) is 24.7 Å². The summed E-state index contributed by atoms with van der Waals surface area (Å²) in [5.74, 6) is 0.106. The molecule has 224 valence electrons. The highest BCUT2D eigenvalue weighted by Crippen LogP contribution is 2.26. The molecule has 0 saturated carbocycles. The van der Waals surface area contributed by atoms with E-state index in [1.165, 1.54) is 24.4 Å². The van der Waals surface area contributed by atoms with Gasteiger partial charge in [0.05, 0.1) is 16.4 Å². The minimum absolute atomic E-state index is 0.0767. The van der Waals surface area contributed by atoms with Gasteiger partial charge in [-0.1, -0.05) is 12.1 Å². The maximum absolute atomic E-state index is 13.7. The zero-order valence-corrected chi connectivity index (χ0v) is 25.4. The van der Waals surface area contributed by atoms with E-state index in [9.17, 15) is 14.0 Å². The topological polar surface area (TPSA) is 107 Å². The SMILES string of the molecule is Cc1ccc(C)n1-c1ccc(OCc2ccc(C(=O)N/N=C/c3ccc(OCC(=O)Nc4ccccc4F)c(Br)c3)o2)cc1. The fourth-order valence-electron chi connectivity index (χ4n) is 4.33. The van der Waals surface area contributed by atoms with Crippen molar-refractivity contribution in [3.63, 3.8) is 0 Å². The first-order chi connectivity index (χ1) is 21.3. The predicted octanol–water partition coefficient (Wildman–Crippen LogP) is 6.95. The van der Waals surface area contributed by atoms with E-state index in [1.807, 2.05) is 24.3 Å². The van der Waals surface area contributed by atoms with Gasteiger partial charge in [-0.15, -0.1) is 0 Å². The summed E-state index contributed by atoms with van der Waals surface area (Å²) in [5, 5.41) is 6.44. The number of amides is 2. The second-order valence-electron chi connectivity index (χ2n) is 9.71. The van der Waals surface area contributed by atoms with E-state index in [0.717, 1.165) is 17.1 Å². The number of halogens is 2. The van der Waals surface area contributed by atoms with Crippen LogP contribution in [0.1, 0.15) is 33.3 Å². The van der Waals surface area contributed by atoms with E-state index < -0.39 is 17.6 Å². The molecule has 0 atom stereocenters. The molecule has 5 aromatic rings. The Morgan fingerprint density at radius 3 is 2.43 bits per heavy atom. The van der Waals surface area contributed by atoms with E-state index in [1.54, 1.807) is 36.4 Å². The fourth-order valence-corrected chi connectivity index (χ4v) is 4.84. The van der Waals surface area contributed by atoms with Crippen LogP contribution in [0, 0.1) is 19.7 Å². The summed E-state index contributed by atoms with van der Waals surface area (Å²) in [6, 6.07) is 26.0. The molecule has 44 heavy (non-hydrogen) atoms. The van der Waals surface area contributed by atoms with E-state index in [2.05, 4.69) is 62.3 Å². The normalized spacial score (nSPS) is 11.0. The number of nitrogens with one attached hydrogen (secondary N) is 2. The number of aromatic nitrogens is 1. The third-order valence-corrected chi connectivity index (χ3v) is 7.09. The number of carbonyl (C=O) groups excluding carboxylic acids is 2. The molecule has 3 aromatic carbocycles. The van der Waals surface area contributed by atoms with Crippen LogP contribution in [-0.2, 0) is 11.4 Å². The summed E-state index contributed by atoms with van der Waals surface area (Å²) in [4.78, 5) is 24.6. The molecule has 2 N–H and O–H groups in total. The van der Waals surface area contributed by atoms with Gasteiger partial charge >= 0.3 is 5.91 Å². The van der Waals surface area contributed by atoms with Gasteiger partial charge in [0, 0.05) is 17.1 Å². The quantitative estimate of drug-likeness (QED) is 0.118. The van der Waals surface area contributed by atoms with Crippen molar-refractivity contribution in [1.29, 1.82) is 0 Å². The Labute approximate surface area is 261 Å². The number of hydrogen-bond donors (Lipinski definition) is 2. The van der Waals surface area contributed by atoms with Crippen LogP contribution in [0.4, 0.5) is 10.1 Å². The van der Waals surface area contributed by atoms with Crippen molar-refractivity contribution in [2.45, 2.75) is 20.5 Å². The lowest BCUT2D eigenvalue weighted by Gasteiger charge is -2.10. The van der Waals surface area contributed by atoms with Gasteiger partial charge in [-0.05, 0) is 114 Å². The lowest BCUT2D eigenvalue weighted by molar-refractivity contribution is -0.118. The van der Waals surface area contributed by atoms with Crippen LogP contribution < -0.4 is 20.2 Å². The number of aryl methyl sites for hydroxylation is 2. The van der Waals surface area contributed by atoms with Crippen molar-refractivity contribution < 1.29 is 27.9 Å². The van der Waals surface area contributed by atoms with E-state index in [4.69, 9.17) is 13.9 Å². The average molecular weight is 660 g/mol. The Morgan fingerprint density at radius 1 is 0.955 bits per heavy atom. The fraction of sp³-hybridized carbons (Fsp3) is 0.121. The van der Waals surface area contributed by atoms with Gasteiger partial charge in [-0.2, -0.15) is 5.10 Å². The van der Waals surface area contributed by atoms with Crippen LogP contribution in [-0.4, -0.2) is 29.2 Å². The van der Waals surface area contributed by atoms with Crippen LogP contribution in [0.3, 0.4) is 0 Å². The second kappa shape index (κ2) is 13.9. The number of hydrazone groups is 1. The molecule has 0 unspecified atom stereocenters. The van der Waals surface area contributed by atoms with Crippen molar-refractivity contribution >= 4 is 39.6 Å². The highest BCUT2D eigenvalue weighted by Gasteiger charge is 2.12. The molecule has 0 spiro atoms. The molecule has 5 rings (SSSR count). The molecule has 0 radical (unpaired) electrons. The van der Waals surface area contributed by atoms with Crippen LogP contribution in [0.15, 0.2) is 105 Å². The highest BCUT2D eigenvalue weighted by molar-refractivity contribution is 9.10. The van der Waals surface area contributed by atoms with Gasteiger partial charge in [-0.3, -0.25) is 9.59 Å². The van der Waals surface area contributed by atoms with Crippen molar-refractivity contribution in [2.24, 2.45) is 5.10 Å². The first-order valence-electron chi connectivity index (χ1n) is 13.5. The number of para-hydroxylation sites is 1. The molecule has 2 aromatic heterocycles. The van der Waals surface area contributed by atoms with Crippen LogP contribution in [0.5, 0.6) is 11.5 Å². The summed E-state index contributed by atoms with van der Waals surface area (Å²) in [5.41, 5.74) is 6.52. The molecular weight excluding hydrogens is 631 g/mol. The first kappa shape index (κ1) is 30.3. The molecule has 0 saturated heterocycles. The third kappa shape index (κ3) is 7.61. The summed E-state index contributed by atoms with van der Waals surface area (Å²) < 4.78 is 33.4. The number of carbonyl (C=O) groups is 2. The summed E-state index contributed by atoms with van der Waals surface area (Å²) in [6.45, 7) is 3.96. The predicted molar refractivity (Wildman–Crippen MR) is 168 cm³/mol. The zero-order chi connectivity index (χ0) is 31.1. The number of anilines is 1. The van der Waals surface area contributed by atoms with Crippen molar-refractivity contribution in [3.8, 4) is 17.2 Å². The first-order valence-corrected chi connectivity index (χ1v) is 14.3. The number of furan rings is 1. The van der Waals surface area contributed by atoms with Crippen LogP contribution in [0.25, 0.3) is 5.69 Å². The molecule has 0 aliphatic heterocycles. The number of nitrogens with zero attached hydrogens (tertiary/aromatic N) is 2. The van der Waals surface area contributed by atoms with E-state index in [0.29, 0.717) is 27.3 Å². The Hall–Kier alpha value is -5.16. The second-order valence-corrected chi connectivity index (χ2v) is 10.6. The van der Waals surface area contributed by atoms with Crippen molar-refractivity contribution in [2.75, 3.05) is 11.9 Å². The Bertz CT molecular complexity index is 1790. The number of rotatable bonds is 11. The van der Waals surface area contributed by atoms with Gasteiger partial charge in [0.15, 0.2) is 12.4 Å². The summed E-state index contributed by atoms with van der Waals surface area (Å²) in [7, 11) is 0. The molecule has 9 nitrogen and oxygen atoms in total. The molecule has 0 fully saturated rings. The molecule has 0 aliphatic rings. The van der Waals surface area contributed by atoms with Gasteiger partial charge in [0.1, 0.15) is 29.7 Å². The van der Waals surface area contributed by atoms with Gasteiger partial charge in [0.2, 0.25) is 0 Å². The molecule has 0 aliphatic carbocycles. The molecule has 11 heteroatoms. The molecule has 2 heterocycles. The smallest absolute Gasteiger partial charge is 0.307 e. The number of benzene rings is 3. The molecular formula is C33H28BrFN4O5. The van der Waals surface area contributed by atoms with Crippen LogP contribution in [0.2, 0.25) is 0 Å². The van der Waals surface area contributed by atoms with Crippen molar-refractivity contribution in [1.82, 2.24) is 9.99 Å². The zero-order valence-electron chi connectivity index (χ0n) is 23.8. The minimum Gasteiger partial charge on any atom is -0.486 e. The van der Waals surface area contributed by atoms with Gasteiger partial charge in [-0.25, -0.2) is 9.82 Å². The minimum atomic E-state index is -0.532. The van der Waals surface area contributed by atoms with E-state index >= 15 is 0 Å². The van der Waals surface area contributed by atoms with Crippen LogP contribution >= 0.6 is 15.9 Å². The van der Waals surface area contributed by atoms with Gasteiger partial charge in [0.25, 0.3) is 5.91 Å². The third-order valence-electron chi connectivity index (χ3n) is 6.47. The maximum Gasteiger partial charge on any atom is 0.307 e. The molecule has 2 amide bonds.